The number of benzene rings is 4. The smallest absolute Gasteiger partial charge is 0.155 e. The van der Waals surface area contributed by atoms with E-state index in [2.05, 4.69) is 119 Å². The second-order valence-electron chi connectivity index (χ2n) is 9.91. The topological polar surface area (TPSA) is 34.0 Å². The molecule has 0 saturated carbocycles. The molecule has 7 heteroatoms. The van der Waals surface area contributed by atoms with E-state index in [1.165, 1.54) is 35.6 Å². The van der Waals surface area contributed by atoms with Crippen LogP contribution in [-0.2, 0) is 0 Å². The van der Waals surface area contributed by atoms with Crippen LogP contribution in [0.3, 0.4) is 0 Å². The first kappa shape index (κ1) is 23.3. The van der Waals surface area contributed by atoms with Crippen LogP contribution in [-0.4, -0.2) is 14.5 Å². The number of aromatic nitrogens is 3. The van der Waals surface area contributed by atoms with Crippen LogP contribution < -0.4 is 4.90 Å². The van der Waals surface area contributed by atoms with Crippen molar-refractivity contribution in [2.75, 3.05) is 4.90 Å². The van der Waals surface area contributed by atoms with Crippen molar-refractivity contribution in [2.24, 2.45) is 0 Å². The molecule has 0 fully saturated rings. The average Bonchev–Trinajstić information content (AvgIpc) is 3.71. The Labute approximate surface area is 248 Å². The Morgan fingerprint density at radius 1 is 0.610 bits per heavy atom. The zero-order chi connectivity index (χ0) is 26.9. The summed E-state index contributed by atoms with van der Waals surface area (Å²) in [5.41, 5.74) is 6.54. The third kappa shape index (κ3) is 3.60. The quantitative estimate of drug-likeness (QED) is 0.208. The van der Waals surface area contributed by atoms with E-state index >= 15 is 0 Å². The molecule has 0 atom stereocenters. The third-order valence-corrected chi connectivity index (χ3v) is 10.9. The SMILES string of the molecule is c1ccc2c(c1)Sc1ccccc1N2c1cc2sc(-c3nc4ccccc4n3-c3cccc4cccnc34)cc2s1. The number of anilines is 3. The van der Waals surface area contributed by atoms with Gasteiger partial charge in [0.1, 0.15) is 5.00 Å². The highest BCUT2D eigenvalue weighted by molar-refractivity contribution is 7.99. The van der Waals surface area contributed by atoms with E-state index < -0.39 is 0 Å². The highest BCUT2D eigenvalue weighted by atomic mass is 32.2. The van der Waals surface area contributed by atoms with Crippen molar-refractivity contribution in [3.63, 3.8) is 0 Å². The van der Waals surface area contributed by atoms with Gasteiger partial charge in [-0.1, -0.05) is 66.4 Å². The van der Waals surface area contributed by atoms with Crippen molar-refractivity contribution in [3.05, 3.63) is 121 Å². The normalized spacial score (nSPS) is 12.7. The summed E-state index contributed by atoms with van der Waals surface area (Å²) in [5, 5.41) is 2.34. The minimum Gasteiger partial charge on any atom is -0.300 e. The zero-order valence-corrected chi connectivity index (χ0v) is 24.0. The lowest BCUT2D eigenvalue weighted by Gasteiger charge is -2.31. The third-order valence-electron chi connectivity index (χ3n) is 7.48. The van der Waals surface area contributed by atoms with E-state index in [1.54, 1.807) is 11.3 Å². The summed E-state index contributed by atoms with van der Waals surface area (Å²) < 4.78 is 4.81. The highest BCUT2D eigenvalue weighted by Gasteiger charge is 2.26. The Kier molecular flexibility index (Phi) is 5.14. The van der Waals surface area contributed by atoms with Gasteiger partial charge in [-0.05, 0) is 60.7 Å². The van der Waals surface area contributed by atoms with Gasteiger partial charge in [-0.15, -0.1) is 22.7 Å². The lowest BCUT2D eigenvalue weighted by Crippen LogP contribution is -2.13. The van der Waals surface area contributed by atoms with Crippen molar-refractivity contribution in [1.29, 1.82) is 0 Å². The van der Waals surface area contributed by atoms with Gasteiger partial charge in [0, 0.05) is 30.8 Å². The number of thiophene rings is 2. The molecule has 0 radical (unpaired) electrons. The fraction of sp³-hybridized carbons (Fsp3) is 0. The van der Waals surface area contributed by atoms with Crippen LogP contribution in [0.5, 0.6) is 0 Å². The van der Waals surface area contributed by atoms with Crippen LogP contribution in [0.4, 0.5) is 16.4 Å². The van der Waals surface area contributed by atoms with Crippen LogP contribution >= 0.6 is 34.4 Å². The summed E-state index contributed by atoms with van der Waals surface area (Å²) in [4.78, 5) is 16.0. The summed E-state index contributed by atoms with van der Waals surface area (Å²) in [6.45, 7) is 0. The number of pyridine rings is 1. The molecule has 9 rings (SSSR count). The second kappa shape index (κ2) is 9.04. The molecule has 0 N–H and O–H groups in total. The summed E-state index contributed by atoms with van der Waals surface area (Å²) >= 11 is 5.48. The molecular formula is C34H20N4S3. The van der Waals surface area contributed by atoms with Gasteiger partial charge in [-0.3, -0.25) is 14.5 Å². The van der Waals surface area contributed by atoms with Crippen LogP contribution in [0.25, 0.3) is 47.7 Å². The van der Waals surface area contributed by atoms with Crippen LogP contribution in [0.1, 0.15) is 0 Å². The van der Waals surface area contributed by atoms with E-state index in [-0.39, 0.29) is 0 Å². The van der Waals surface area contributed by atoms with Gasteiger partial charge in [-0.2, -0.15) is 0 Å². The first-order chi connectivity index (χ1) is 20.3. The molecular weight excluding hydrogens is 561 g/mol. The number of rotatable bonds is 3. The van der Waals surface area contributed by atoms with Crippen molar-refractivity contribution >= 4 is 82.1 Å². The second-order valence-corrected chi connectivity index (χ2v) is 13.1. The van der Waals surface area contributed by atoms with E-state index in [0.717, 1.165) is 38.3 Å². The molecule has 0 amide bonds. The van der Waals surface area contributed by atoms with Gasteiger partial charge in [0.25, 0.3) is 0 Å². The first-order valence-corrected chi connectivity index (χ1v) is 15.8. The Morgan fingerprint density at radius 3 is 2.15 bits per heavy atom. The van der Waals surface area contributed by atoms with Crippen molar-refractivity contribution in [1.82, 2.24) is 14.5 Å². The molecule has 4 nitrogen and oxygen atoms in total. The summed E-state index contributed by atoms with van der Waals surface area (Å²) in [6, 6.07) is 40.8. The van der Waals surface area contributed by atoms with Crippen LogP contribution in [0.2, 0.25) is 0 Å². The highest BCUT2D eigenvalue weighted by Crippen LogP contribution is 2.54. The number of fused-ring (bicyclic) bond motifs is 5. The predicted molar refractivity (Wildman–Crippen MR) is 174 cm³/mol. The molecule has 0 aliphatic carbocycles. The molecule has 4 aromatic heterocycles. The minimum atomic E-state index is 0.948. The predicted octanol–water partition coefficient (Wildman–Crippen LogP) is 10.5. The van der Waals surface area contributed by atoms with Gasteiger partial charge in [0.05, 0.1) is 38.5 Å². The van der Waals surface area contributed by atoms with E-state index in [4.69, 9.17) is 9.97 Å². The molecule has 0 spiro atoms. The number of para-hydroxylation sites is 5. The number of hydrogen-bond acceptors (Lipinski definition) is 6. The standard InChI is InChI=1S/C34H20N4S3/c1-2-12-23-22(11-1)36-34(38(23)26-15-7-9-21-10-8-18-35-33(21)26)31-19-29-30(40-31)20-32(41-29)37-24-13-3-5-16-27(24)39-28-17-6-4-14-25(28)37/h1-20H. The number of imidazole rings is 1. The lowest BCUT2D eigenvalue weighted by molar-refractivity contribution is 1.11. The van der Waals surface area contributed by atoms with E-state index in [0.29, 0.717) is 0 Å². The average molecular weight is 581 g/mol. The maximum absolute atomic E-state index is 5.15. The molecule has 0 unspecified atom stereocenters. The first-order valence-electron chi connectivity index (χ1n) is 13.3. The molecule has 194 valence electrons. The van der Waals surface area contributed by atoms with Crippen molar-refractivity contribution in [2.45, 2.75) is 9.79 Å². The monoisotopic (exact) mass is 580 g/mol. The summed E-state index contributed by atoms with van der Waals surface area (Å²) in [5.74, 6) is 0.948. The number of nitrogens with zero attached hydrogens (tertiary/aromatic N) is 4. The molecule has 41 heavy (non-hydrogen) atoms. The van der Waals surface area contributed by atoms with E-state index in [9.17, 15) is 0 Å². The molecule has 4 aromatic carbocycles. The van der Waals surface area contributed by atoms with Gasteiger partial charge in [-0.25, -0.2) is 4.98 Å². The Hall–Kier alpha value is -4.43. The molecule has 8 aromatic rings. The maximum atomic E-state index is 5.15. The van der Waals surface area contributed by atoms with Crippen molar-refractivity contribution in [3.8, 4) is 16.4 Å². The summed E-state index contributed by atoms with van der Waals surface area (Å²) in [7, 11) is 0. The molecule has 1 aliphatic rings. The Bertz CT molecular complexity index is 2190. The van der Waals surface area contributed by atoms with Crippen LogP contribution in [0.15, 0.2) is 131 Å². The summed E-state index contributed by atoms with van der Waals surface area (Å²) in [6.07, 6.45) is 1.86. The number of hydrogen-bond donors (Lipinski definition) is 0. The molecule has 0 saturated heterocycles. The van der Waals surface area contributed by atoms with Crippen molar-refractivity contribution < 1.29 is 0 Å². The fourth-order valence-corrected chi connectivity index (χ4v) is 9.14. The zero-order valence-electron chi connectivity index (χ0n) is 21.6. The minimum absolute atomic E-state index is 0.948. The molecule has 5 heterocycles. The molecule has 1 aliphatic heterocycles. The van der Waals surface area contributed by atoms with Crippen LogP contribution in [0, 0.1) is 0 Å². The van der Waals surface area contributed by atoms with Gasteiger partial charge >= 0.3 is 0 Å². The molecule has 0 bridgehead atoms. The van der Waals surface area contributed by atoms with E-state index in [1.807, 2.05) is 35.4 Å². The largest absolute Gasteiger partial charge is 0.300 e. The van der Waals surface area contributed by atoms with Gasteiger partial charge < -0.3 is 0 Å². The maximum Gasteiger partial charge on any atom is 0.155 e. The Morgan fingerprint density at radius 2 is 1.32 bits per heavy atom. The fourth-order valence-electron chi connectivity index (χ4n) is 5.69. The van der Waals surface area contributed by atoms with Gasteiger partial charge in [0.2, 0.25) is 0 Å². The lowest BCUT2D eigenvalue weighted by atomic mass is 10.2. The van der Waals surface area contributed by atoms with Gasteiger partial charge in [0.15, 0.2) is 5.82 Å². The Balaban J connectivity index is 1.22.